The number of carbonyl (C=O) groups excluding carboxylic acids is 2. The minimum absolute atomic E-state index is 0.0000430. The number of nitrogens with zero attached hydrogens (tertiary/aromatic N) is 1. The summed E-state index contributed by atoms with van der Waals surface area (Å²) in [4.78, 5) is 28.5. The SMILES string of the molecule is CC[C@H](C(=O)NC1CCCCC1)N(Cc1ccc(OC)cc1)C(=O)CSCc1ccccc1C. The molecule has 0 saturated heterocycles. The van der Waals surface area contributed by atoms with Gasteiger partial charge in [-0.05, 0) is 55.0 Å². The fourth-order valence-electron chi connectivity index (χ4n) is 4.49. The standard InChI is InChI=1S/C28H38N2O3S/c1-4-26(28(32)29-24-12-6-5-7-13-24)30(18-22-14-16-25(33-3)17-15-22)27(31)20-34-19-23-11-9-8-10-21(23)2/h8-11,14-17,24,26H,4-7,12-13,18-20H2,1-3H3,(H,29,32)/t26-/m1/s1. The average molecular weight is 483 g/mol. The quantitative estimate of drug-likeness (QED) is 0.460. The number of thioether (sulfide) groups is 1. The van der Waals surface area contributed by atoms with Crippen molar-refractivity contribution in [2.45, 2.75) is 76.8 Å². The Morgan fingerprint density at radius 2 is 1.79 bits per heavy atom. The molecule has 0 bridgehead atoms. The number of hydrogen-bond donors (Lipinski definition) is 1. The van der Waals surface area contributed by atoms with E-state index in [9.17, 15) is 9.59 Å². The predicted molar refractivity (Wildman–Crippen MR) is 140 cm³/mol. The van der Waals surface area contributed by atoms with Crippen LogP contribution in [-0.2, 0) is 21.9 Å². The van der Waals surface area contributed by atoms with Gasteiger partial charge in [0.15, 0.2) is 0 Å². The van der Waals surface area contributed by atoms with Crippen molar-refractivity contribution in [3.8, 4) is 5.75 Å². The fourth-order valence-corrected chi connectivity index (χ4v) is 5.48. The van der Waals surface area contributed by atoms with Crippen LogP contribution >= 0.6 is 11.8 Å². The molecule has 1 fully saturated rings. The molecular formula is C28H38N2O3S. The van der Waals surface area contributed by atoms with Crippen molar-refractivity contribution in [3.63, 3.8) is 0 Å². The summed E-state index contributed by atoms with van der Waals surface area (Å²) >= 11 is 1.61. The largest absolute Gasteiger partial charge is 0.497 e. The zero-order valence-electron chi connectivity index (χ0n) is 20.7. The number of methoxy groups -OCH3 is 1. The smallest absolute Gasteiger partial charge is 0.243 e. The number of hydrogen-bond acceptors (Lipinski definition) is 4. The molecule has 1 N–H and O–H groups in total. The van der Waals surface area contributed by atoms with Crippen LogP contribution < -0.4 is 10.1 Å². The van der Waals surface area contributed by atoms with Crippen LogP contribution in [-0.4, -0.2) is 41.7 Å². The summed E-state index contributed by atoms with van der Waals surface area (Å²) in [6, 6.07) is 15.7. The van der Waals surface area contributed by atoms with Crippen LogP contribution in [0.15, 0.2) is 48.5 Å². The lowest BCUT2D eigenvalue weighted by molar-refractivity contribution is -0.139. The second-order valence-electron chi connectivity index (χ2n) is 9.06. The molecular weight excluding hydrogens is 444 g/mol. The summed E-state index contributed by atoms with van der Waals surface area (Å²) in [5, 5.41) is 3.24. The van der Waals surface area contributed by atoms with Gasteiger partial charge < -0.3 is 15.0 Å². The molecule has 0 radical (unpaired) electrons. The van der Waals surface area contributed by atoms with Crippen LogP contribution in [0.4, 0.5) is 0 Å². The summed E-state index contributed by atoms with van der Waals surface area (Å²) in [6.07, 6.45) is 6.20. The summed E-state index contributed by atoms with van der Waals surface area (Å²) in [5.74, 6) is 1.87. The Kier molecular flexibility index (Phi) is 10.3. The van der Waals surface area contributed by atoms with Crippen molar-refractivity contribution >= 4 is 23.6 Å². The molecule has 2 aromatic carbocycles. The Morgan fingerprint density at radius 3 is 2.44 bits per heavy atom. The van der Waals surface area contributed by atoms with Gasteiger partial charge in [0.2, 0.25) is 11.8 Å². The highest BCUT2D eigenvalue weighted by molar-refractivity contribution is 7.99. The van der Waals surface area contributed by atoms with E-state index in [0.29, 0.717) is 18.7 Å². The number of ether oxygens (including phenoxy) is 1. The van der Waals surface area contributed by atoms with Gasteiger partial charge in [0, 0.05) is 18.3 Å². The van der Waals surface area contributed by atoms with E-state index in [0.717, 1.165) is 42.7 Å². The van der Waals surface area contributed by atoms with Crippen LogP contribution in [0.5, 0.6) is 5.75 Å². The van der Waals surface area contributed by atoms with Gasteiger partial charge >= 0.3 is 0 Å². The van der Waals surface area contributed by atoms with Gasteiger partial charge in [0.05, 0.1) is 12.9 Å². The van der Waals surface area contributed by atoms with Gasteiger partial charge in [-0.2, -0.15) is 0 Å². The fraction of sp³-hybridized carbons (Fsp3) is 0.500. The molecule has 184 valence electrons. The van der Waals surface area contributed by atoms with Crippen LogP contribution in [0.3, 0.4) is 0 Å². The normalized spacial score (nSPS) is 14.9. The molecule has 1 atom stereocenters. The third-order valence-electron chi connectivity index (χ3n) is 6.59. The Bertz CT molecular complexity index is 926. The zero-order valence-corrected chi connectivity index (χ0v) is 21.5. The van der Waals surface area contributed by atoms with Crippen molar-refractivity contribution in [1.29, 1.82) is 0 Å². The molecule has 2 aromatic rings. The van der Waals surface area contributed by atoms with Gasteiger partial charge in [-0.3, -0.25) is 9.59 Å². The Balaban J connectivity index is 1.71. The minimum Gasteiger partial charge on any atom is -0.497 e. The Hall–Kier alpha value is -2.47. The second-order valence-corrected chi connectivity index (χ2v) is 10.0. The maximum Gasteiger partial charge on any atom is 0.243 e. The van der Waals surface area contributed by atoms with E-state index < -0.39 is 6.04 Å². The molecule has 0 aliphatic heterocycles. The summed E-state index contributed by atoms with van der Waals surface area (Å²) in [7, 11) is 1.64. The maximum absolute atomic E-state index is 13.4. The first-order valence-corrected chi connectivity index (χ1v) is 13.5. The van der Waals surface area contributed by atoms with Crippen molar-refractivity contribution in [1.82, 2.24) is 10.2 Å². The molecule has 1 saturated carbocycles. The lowest BCUT2D eigenvalue weighted by Crippen LogP contribution is -2.52. The molecule has 34 heavy (non-hydrogen) atoms. The summed E-state index contributed by atoms with van der Waals surface area (Å²) < 4.78 is 5.27. The van der Waals surface area contributed by atoms with E-state index in [4.69, 9.17) is 4.74 Å². The number of nitrogens with one attached hydrogen (secondary N) is 1. The lowest BCUT2D eigenvalue weighted by Gasteiger charge is -2.32. The number of amides is 2. The van der Waals surface area contributed by atoms with E-state index in [1.165, 1.54) is 17.5 Å². The van der Waals surface area contributed by atoms with E-state index in [-0.39, 0.29) is 17.9 Å². The van der Waals surface area contributed by atoms with E-state index in [1.807, 2.05) is 43.3 Å². The van der Waals surface area contributed by atoms with E-state index >= 15 is 0 Å². The summed E-state index contributed by atoms with van der Waals surface area (Å²) in [5.41, 5.74) is 3.46. The molecule has 1 aliphatic rings. The summed E-state index contributed by atoms with van der Waals surface area (Å²) in [6.45, 7) is 4.49. The lowest BCUT2D eigenvalue weighted by atomic mass is 9.95. The van der Waals surface area contributed by atoms with Crippen molar-refractivity contribution < 1.29 is 14.3 Å². The van der Waals surface area contributed by atoms with Gasteiger partial charge in [-0.15, -0.1) is 11.8 Å². The number of rotatable bonds is 11. The molecule has 0 spiro atoms. The highest BCUT2D eigenvalue weighted by Gasteiger charge is 2.30. The van der Waals surface area contributed by atoms with Gasteiger partial charge in [-0.25, -0.2) is 0 Å². The van der Waals surface area contributed by atoms with Crippen molar-refractivity contribution in [2.24, 2.45) is 0 Å². The molecule has 0 unspecified atom stereocenters. The first kappa shape index (κ1) is 26.1. The number of aryl methyl sites for hydroxylation is 1. The van der Waals surface area contributed by atoms with Crippen LogP contribution in [0.1, 0.15) is 62.1 Å². The highest BCUT2D eigenvalue weighted by atomic mass is 32.2. The van der Waals surface area contributed by atoms with Gasteiger partial charge in [0.25, 0.3) is 0 Å². The zero-order chi connectivity index (χ0) is 24.3. The van der Waals surface area contributed by atoms with Crippen LogP contribution in [0.25, 0.3) is 0 Å². The Labute approximate surface area is 208 Å². The topological polar surface area (TPSA) is 58.6 Å². The maximum atomic E-state index is 13.4. The molecule has 3 rings (SSSR count). The molecule has 0 heterocycles. The van der Waals surface area contributed by atoms with Gasteiger partial charge in [0.1, 0.15) is 11.8 Å². The average Bonchev–Trinajstić information content (AvgIpc) is 2.86. The van der Waals surface area contributed by atoms with Crippen molar-refractivity contribution in [3.05, 3.63) is 65.2 Å². The second kappa shape index (κ2) is 13.4. The van der Waals surface area contributed by atoms with E-state index in [1.54, 1.807) is 23.8 Å². The minimum atomic E-state index is -0.476. The van der Waals surface area contributed by atoms with Gasteiger partial charge in [-0.1, -0.05) is 62.6 Å². The Morgan fingerprint density at radius 1 is 1.09 bits per heavy atom. The van der Waals surface area contributed by atoms with Crippen LogP contribution in [0.2, 0.25) is 0 Å². The third kappa shape index (κ3) is 7.52. The third-order valence-corrected chi connectivity index (χ3v) is 7.56. The highest BCUT2D eigenvalue weighted by Crippen LogP contribution is 2.22. The van der Waals surface area contributed by atoms with Crippen molar-refractivity contribution in [2.75, 3.05) is 12.9 Å². The molecule has 5 nitrogen and oxygen atoms in total. The number of carbonyl (C=O) groups is 2. The first-order chi connectivity index (χ1) is 16.5. The molecule has 0 aromatic heterocycles. The predicted octanol–water partition coefficient (Wildman–Crippen LogP) is 5.49. The molecule has 1 aliphatic carbocycles. The van der Waals surface area contributed by atoms with Crippen LogP contribution in [0, 0.1) is 6.92 Å². The first-order valence-electron chi connectivity index (χ1n) is 12.4. The monoisotopic (exact) mass is 482 g/mol. The number of benzene rings is 2. The molecule has 2 amide bonds. The van der Waals surface area contributed by atoms with E-state index in [2.05, 4.69) is 24.4 Å². The molecule has 6 heteroatoms.